The number of oxazole rings is 1. The van der Waals surface area contributed by atoms with Gasteiger partial charge in [-0.2, -0.15) is 13.2 Å². The summed E-state index contributed by atoms with van der Waals surface area (Å²) >= 11 is 0. The first-order valence-electron chi connectivity index (χ1n) is 11.6. The van der Waals surface area contributed by atoms with E-state index < -0.39 is 17.8 Å². The SMILES string of the molecule is CC.CCC.COc1ccc(OC(C)c2cccc(C(F)(F)F)c2)c(-c2nc3ccccc3o2)c1. The average Bonchev–Trinajstić information content (AvgIpc) is 3.30. The lowest BCUT2D eigenvalue weighted by atomic mass is 10.1. The van der Waals surface area contributed by atoms with Gasteiger partial charge in [0.05, 0.1) is 18.2 Å². The Bertz CT molecular complexity index is 1170. The number of hydrogen-bond donors (Lipinski definition) is 0. The standard InChI is InChI=1S/C23H18F3NO3.C3H8.C2H6/c1-14(15-6-5-7-16(12-15)23(24,25)26)29-20-11-10-17(28-2)13-18(20)22-27-19-8-3-4-9-21(19)30-22;1-3-2;1-2/h3-14H,1-2H3;3H2,1-2H3;1-2H3. The topological polar surface area (TPSA) is 44.5 Å². The first-order valence-corrected chi connectivity index (χ1v) is 11.6. The summed E-state index contributed by atoms with van der Waals surface area (Å²) in [5, 5.41) is 0. The molecule has 1 unspecified atom stereocenters. The van der Waals surface area contributed by atoms with Crippen molar-refractivity contribution in [3.05, 3.63) is 77.9 Å². The molecule has 1 aromatic heterocycles. The molecule has 3 aromatic carbocycles. The molecule has 0 aliphatic heterocycles. The molecule has 7 heteroatoms. The predicted molar refractivity (Wildman–Crippen MR) is 134 cm³/mol. The van der Waals surface area contributed by atoms with E-state index in [0.717, 1.165) is 12.1 Å². The molecule has 0 N–H and O–H groups in total. The third-order valence-corrected chi connectivity index (χ3v) is 4.70. The van der Waals surface area contributed by atoms with Crippen molar-refractivity contribution < 1.29 is 27.1 Å². The van der Waals surface area contributed by atoms with E-state index in [2.05, 4.69) is 18.8 Å². The molecule has 0 saturated heterocycles. The van der Waals surface area contributed by atoms with Crippen molar-refractivity contribution >= 4 is 11.1 Å². The van der Waals surface area contributed by atoms with Gasteiger partial charge in [-0.15, -0.1) is 0 Å². The van der Waals surface area contributed by atoms with Crippen LogP contribution in [-0.2, 0) is 6.18 Å². The molecule has 4 aromatic rings. The molecule has 0 aliphatic carbocycles. The summed E-state index contributed by atoms with van der Waals surface area (Å²) in [6.07, 6.45) is -3.80. The van der Waals surface area contributed by atoms with Crippen LogP contribution < -0.4 is 9.47 Å². The van der Waals surface area contributed by atoms with E-state index >= 15 is 0 Å². The Balaban J connectivity index is 0.000000803. The number of methoxy groups -OCH3 is 1. The number of ether oxygens (including phenoxy) is 2. The van der Waals surface area contributed by atoms with Gasteiger partial charge in [0, 0.05) is 0 Å². The van der Waals surface area contributed by atoms with E-state index in [9.17, 15) is 13.2 Å². The van der Waals surface area contributed by atoms with E-state index in [0.29, 0.717) is 39.6 Å². The summed E-state index contributed by atoms with van der Waals surface area (Å²) in [6.45, 7) is 9.94. The molecule has 0 spiro atoms. The highest BCUT2D eigenvalue weighted by Gasteiger charge is 2.31. The monoisotopic (exact) mass is 487 g/mol. The number of fused-ring (bicyclic) bond motifs is 1. The van der Waals surface area contributed by atoms with Gasteiger partial charge in [-0.25, -0.2) is 4.98 Å². The van der Waals surface area contributed by atoms with Gasteiger partial charge in [0.15, 0.2) is 5.58 Å². The lowest BCUT2D eigenvalue weighted by Gasteiger charge is -2.18. The zero-order chi connectivity index (χ0) is 26.0. The Morgan fingerprint density at radius 1 is 0.943 bits per heavy atom. The van der Waals surface area contributed by atoms with Crippen LogP contribution in [0.4, 0.5) is 13.2 Å². The Hall–Kier alpha value is -3.48. The second kappa shape index (κ2) is 12.8. The van der Waals surface area contributed by atoms with Crippen LogP contribution in [0.3, 0.4) is 0 Å². The van der Waals surface area contributed by atoms with Gasteiger partial charge in [0.25, 0.3) is 0 Å². The number of alkyl halides is 3. The highest BCUT2D eigenvalue weighted by atomic mass is 19.4. The maximum atomic E-state index is 13.1. The molecular formula is C28H32F3NO3. The highest BCUT2D eigenvalue weighted by molar-refractivity contribution is 5.77. The molecule has 0 radical (unpaired) electrons. The van der Waals surface area contributed by atoms with Crippen molar-refractivity contribution in [2.45, 2.75) is 53.3 Å². The Labute approximate surface area is 204 Å². The van der Waals surface area contributed by atoms with Crippen molar-refractivity contribution in [1.82, 2.24) is 4.98 Å². The molecule has 0 bridgehead atoms. The summed E-state index contributed by atoms with van der Waals surface area (Å²) in [4.78, 5) is 4.49. The summed E-state index contributed by atoms with van der Waals surface area (Å²) < 4.78 is 56.3. The second-order valence-corrected chi connectivity index (χ2v) is 7.44. The van der Waals surface area contributed by atoms with Gasteiger partial charge in [-0.1, -0.05) is 58.4 Å². The van der Waals surface area contributed by atoms with E-state index in [1.54, 1.807) is 37.3 Å². The van der Waals surface area contributed by atoms with E-state index in [-0.39, 0.29) is 0 Å². The number of hydrogen-bond acceptors (Lipinski definition) is 4. The molecule has 0 saturated carbocycles. The van der Waals surface area contributed by atoms with E-state index in [4.69, 9.17) is 13.9 Å². The van der Waals surface area contributed by atoms with E-state index in [1.807, 2.05) is 32.0 Å². The third kappa shape index (κ3) is 7.25. The van der Waals surface area contributed by atoms with Gasteiger partial charge in [-0.3, -0.25) is 0 Å². The van der Waals surface area contributed by atoms with Gasteiger partial charge in [-0.05, 0) is 55.0 Å². The number of aromatic nitrogens is 1. The average molecular weight is 488 g/mol. The molecule has 35 heavy (non-hydrogen) atoms. The molecule has 0 fully saturated rings. The van der Waals surface area contributed by atoms with Crippen LogP contribution in [0, 0.1) is 0 Å². The van der Waals surface area contributed by atoms with Crippen LogP contribution in [0.2, 0.25) is 0 Å². The summed E-state index contributed by atoms with van der Waals surface area (Å²) in [7, 11) is 1.54. The van der Waals surface area contributed by atoms with Crippen molar-refractivity contribution in [1.29, 1.82) is 0 Å². The zero-order valence-electron chi connectivity index (χ0n) is 20.9. The largest absolute Gasteiger partial charge is 0.497 e. The quantitative estimate of drug-likeness (QED) is 0.282. The van der Waals surface area contributed by atoms with E-state index in [1.165, 1.54) is 19.6 Å². The minimum Gasteiger partial charge on any atom is -0.497 e. The van der Waals surface area contributed by atoms with Gasteiger partial charge in [0.2, 0.25) is 5.89 Å². The molecule has 188 valence electrons. The molecule has 0 amide bonds. The van der Waals surface area contributed by atoms with Crippen molar-refractivity contribution in [2.24, 2.45) is 0 Å². The fourth-order valence-corrected chi connectivity index (χ4v) is 3.12. The number of benzene rings is 3. The lowest BCUT2D eigenvalue weighted by Crippen LogP contribution is -2.09. The normalized spacial score (nSPS) is 11.6. The molecular weight excluding hydrogens is 455 g/mol. The molecule has 4 nitrogen and oxygen atoms in total. The summed E-state index contributed by atoms with van der Waals surface area (Å²) in [6, 6.07) is 17.5. The van der Waals surface area contributed by atoms with Crippen molar-refractivity contribution in [3.8, 4) is 23.0 Å². The van der Waals surface area contributed by atoms with Crippen LogP contribution >= 0.6 is 0 Å². The number of nitrogens with zero attached hydrogens (tertiary/aromatic N) is 1. The Morgan fingerprint density at radius 2 is 1.63 bits per heavy atom. The van der Waals surface area contributed by atoms with Crippen LogP contribution in [0.15, 0.2) is 71.1 Å². The molecule has 1 heterocycles. The molecule has 1 atom stereocenters. The van der Waals surface area contributed by atoms with Gasteiger partial charge >= 0.3 is 6.18 Å². The van der Waals surface area contributed by atoms with Crippen LogP contribution in [0.25, 0.3) is 22.6 Å². The van der Waals surface area contributed by atoms with Crippen molar-refractivity contribution in [3.63, 3.8) is 0 Å². The minimum absolute atomic E-state index is 0.335. The predicted octanol–water partition coefficient (Wildman–Crippen LogP) is 9.10. The van der Waals surface area contributed by atoms with Gasteiger partial charge < -0.3 is 13.9 Å². The fraction of sp³-hybridized carbons (Fsp3) is 0.321. The Morgan fingerprint density at radius 3 is 2.26 bits per heavy atom. The number of para-hydroxylation sites is 2. The zero-order valence-corrected chi connectivity index (χ0v) is 20.9. The summed E-state index contributed by atoms with van der Waals surface area (Å²) in [5.74, 6) is 1.33. The van der Waals surface area contributed by atoms with Crippen molar-refractivity contribution in [2.75, 3.05) is 7.11 Å². The summed E-state index contributed by atoms with van der Waals surface area (Å²) in [5.41, 5.74) is 1.54. The minimum atomic E-state index is -4.42. The highest BCUT2D eigenvalue weighted by Crippen LogP contribution is 2.37. The molecule has 4 rings (SSSR count). The lowest BCUT2D eigenvalue weighted by molar-refractivity contribution is -0.137. The molecule has 0 aliphatic rings. The van der Waals surface area contributed by atoms with Crippen LogP contribution in [0.1, 0.15) is 58.3 Å². The third-order valence-electron chi connectivity index (χ3n) is 4.70. The fourth-order valence-electron chi connectivity index (χ4n) is 3.12. The maximum absolute atomic E-state index is 13.1. The first kappa shape index (κ1) is 27.8. The second-order valence-electron chi connectivity index (χ2n) is 7.44. The van der Waals surface area contributed by atoms with Crippen LogP contribution in [0.5, 0.6) is 11.5 Å². The smallest absolute Gasteiger partial charge is 0.416 e. The first-order chi connectivity index (χ1) is 16.8. The van der Waals surface area contributed by atoms with Gasteiger partial charge in [0.1, 0.15) is 23.1 Å². The number of halogens is 3. The Kier molecular flexibility index (Phi) is 10.2. The number of rotatable bonds is 5. The van der Waals surface area contributed by atoms with Crippen LogP contribution in [-0.4, -0.2) is 12.1 Å². The maximum Gasteiger partial charge on any atom is 0.416 e.